The Balaban J connectivity index is 2.52. The fourth-order valence-corrected chi connectivity index (χ4v) is 2.65. The SMILES string of the molecule is O=c1cccc2c3ncccc3c3ccccc3n12. The number of pyridine rings is 3. The van der Waals surface area contributed by atoms with Crippen LogP contribution < -0.4 is 5.56 Å². The van der Waals surface area contributed by atoms with Crippen LogP contribution in [0.15, 0.2) is 65.6 Å². The second-order valence-electron chi connectivity index (χ2n) is 4.50. The van der Waals surface area contributed by atoms with Gasteiger partial charge in [0, 0.05) is 23.0 Å². The van der Waals surface area contributed by atoms with Crippen LogP contribution in [-0.4, -0.2) is 9.38 Å². The number of aromatic nitrogens is 2. The van der Waals surface area contributed by atoms with Crippen LogP contribution in [0, 0.1) is 0 Å². The van der Waals surface area contributed by atoms with E-state index < -0.39 is 0 Å². The average Bonchev–Trinajstić information content (AvgIpc) is 2.47. The Labute approximate surface area is 108 Å². The molecule has 0 aliphatic carbocycles. The number of benzene rings is 1. The Morgan fingerprint density at radius 2 is 1.58 bits per heavy atom. The maximum Gasteiger partial charge on any atom is 0.255 e. The van der Waals surface area contributed by atoms with Gasteiger partial charge < -0.3 is 0 Å². The van der Waals surface area contributed by atoms with Gasteiger partial charge in [-0.15, -0.1) is 0 Å². The Kier molecular flexibility index (Phi) is 1.97. The molecule has 3 heteroatoms. The highest BCUT2D eigenvalue weighted by molar-refractivity contribution is 6.10. The number of fused-ring (bicyclic) bond motifs is 6. The second-order valence-corrected chi connectivity index (χ2v) is 4.50. The largest absolute Gasteiger partial charge is 0.275 e. The van der Waals surface area contributed by atoms with Gasteiger partial charge >= 0.3 is 0 Å². The molecule has 0 saturated heterocycles. The van der Waals surface area contributed by atoms with Crippen LogP contribution in [-0.2, 0) is 0 Å². The van der Waals surface area contributed by atoms with Crippen LogP contribution in [0.1, 0.15) is 0 Å². The quantitative estimate of drug-likeness (QED) is 0.447. The molecule has 0 bridgehead atoms. The molecule has 0 aliphatic rings. The van der Waals surface area contributed by atoms with Gasteiger partial charge in [-0.25, -0.2) is 0 Å². The summed E-state index contributed by atoms with van der Waals surface area (Å²) >= 11 is 0. The molecule has 4 aromatic rings. The van der Waals surface area contributed by atoms with Crippen LogP contribution in [0.25, 0.3) is 27.3 Å². The molecule has 0 spiro atoms. The number of nitrogens with zero attached hydrogens (tertiary/aromatic N) is 2. The van der Waals surface area contributed by atoms with Crippen molar-refractivity contribution < 1.29 is 0 Å². The minimum atomic E-state index is -0.0266. The molecule has 0 fully saturated rings. The van der Waals surface area contributed by atoms with Gasteiger partial charge in [-0.05, 0) is 18.2 Å². The fourth-order valence-electron chi connectivity index (χ4n) is 2.65. The van der Waals surface area contributed by atoms with E-state index in [1.54, 1.807) is 22.7 Å². The Hall–Kier alpha value is -2.68. The van der Waals surface area contributed by atoms with Crippen molar-refractivity contribution in [3.63, 3.8) is 0 Å². The predicted octanol–water partition coefficient (Wildman–Crippen LogP) is 3.00. The summed E-state index contributed by atoms with van der Waals surface area (Å²) in [4.78, 5) is 16.6. The molecule has 19 heavy (non-hydrogen) atoms. The van der Waals surface area contributed by atoms with Crippen molar-refractivity contribution in [2.24, 2.45) is 0 Å². The molecule has 0 atom stereocenters. The van der Waals surface area contributed by atoms with E-state index in [4.69, 9.17) is 0 Å². The summed E-state index contributed by atoms with van der Waals surface area (Å²) in [5.74, 6) is 0. The molecule has 0 unspecified atom stereocenters. The topological polar surface area (TPSA) is 34.4 Å². The third kappa shape index (κ3) is 1.32. The van der Waals surface area contributed by atoms with E-state index in [2.05, 4.69) is 4.98 Å². The highest BCUT2D eigenvalue weighted by atomic mass is 16.1. The van der Waals surface area contributed by atoms with E-state index in [1.165, 1.54) is 0 Å². The zero-order valence-electron chi connectivity index (χ0n) is 10.1. The Morgan fingerprint density at radius 1 is 0.789 bits per heavy atom. The minimum absolute atomic E-state index is 0.0266. The van der Waals surface area contributed by atoms with Crippen LogP contribution in [0.5, 0.6) is 0 Å². The first kappa shape index (κ1) is 10.3. The van der Waals surface area contributed by atoms with Crippen molar-refractivity contribution >= 4 is 27.3 Å². The lowest BCUT2D eigenvalue weighted by Crippen LogP contribution is -2.12. The van der Waals surface area contributed by atoms with E-state index >= 15 is 0 Å². The number of hydrogen-bond donors (Lipinski definition) is 0. The van der Waals surface area contributed by atoms with Crippen molar-refractivity contribution in [2.75, 3.05) is 0 Å². The zero-order chi connectivity index (χ0) is 12.8. The number of para-hydroxylation sites is 1. The van der Waals surface area contributed by atoms with E-state index in [1.807, 2.05) is 42.5 Å². The summed E-state index contributed by atoms with van der Waals surface area (Å²) in [6.45, 7) is 0. The summed E-state index contributed by atoms with van der Waals surface area (Å²) < 4.78 is 1.73. The van der Waals surface area contributed by atoms with Gasteiger partial charge in [0.1, 0.15) is 0 Å². The lowest BCUT2D eigenvalue weighted by molar-refractivity contribution is 1.15. The van der Waals surface area contributed by atoms with Crippen LogP contribution in [0.2, 0.25) is 0 Å². The van der Waals surface area contributed by atoms with Crippen molar-refractivity contribution in [2.45, 2.75) is 0 Å². The number of hydrogen-bond acceptors (Lipinski definition) is 2. The summed E-state index contributed by atoms with van der Waals surface area (Å²) in [6.07, 6.45) is 1.76. The molecule has 0 saturated carbocycles. The van der Waals surface area contributed by atoms with E-state index in [9.17, 15) is 4.79 Å². The standard InChI is InChI=1S/C16H10N2O/c19-15-9-3-8-14-16-12(6-4-10-17-16)11-5-1-2-7-13(11)18(14)15/h1-10H. The lowest BCUT2D eigenvalue weighted by atomic mass is 10.1. The molecular weight excluding hydrogens is 236 g/mol. The third-order valence-corrected chi connectivity index (χ3v) is 3.44. The monoisotopic (exact) mass is 246 g/mol. The molecule has 1 aromatic carbocycles. The Bertz CT molecular complexity index is 941. The molecule has 0 aliphatic heterocycles. The molecule has 4 rings (SSSR count). The van der Waals surface area contributed by atoms with Gasteiger partial charge in [0.2, 0.25) is 0 Å². The average molecular weight is 246 g/mol. The van der Waals surface area contributed by atoms with Crippen LogP contribution in [0.3, 0.4) is 0 Å². The molecule has 3 aromatic heterocycles. The van der Waals surface area contributed by atoms with Gasteiger partial charge in [-0.1, -0.05) is 30.3 Å². The maximum atomic E-state index is 12.2. The van der Waals surface area contributed by atoms with Crippen LogP contribution in [0.4, 0.5) is 0 Å². The summed E-state index contributed by atoms with van der Waals surface area (Å²) in [6, 6.07) is 17.2. The first-order valence-corrected chi connectivity index (χ1v) is 6.13. The first-order valence-electron chi connectivity index (χ1n) is 6.13. The first-order chi connectivity index (χ1) is 9.36. The molecule has 0 radical (unpaired) electrons. The Morgan fingerprint density at radius 3 is 2.53 bits per heavy atom. The van der Waals surface area contributed by atoms with Gasteiger partial charge in [0.15, 0.2) is 0 Å². The van der Waals surface area contributed by atoms with Crippen LogP contribution >= 0.6 is 0 Å². The second kappa shape index (κ2) is 3.65. The summed E-state index contributed by atoms with van der Waals surface area (Å²) in [7, 11) is 0. The molecule has 0 amide bonds. The minimum Gasteiger partial charge on any atom is -0.275 e. The molecule has 90 valence electrons. The number of rotatable bonds is 0. The molecule has 3 nitrogen and oxygen atoms in total. The van der Waals surface area contributed by atoms with Gasteiger partial charge in [0.25, 0.3) is 5.56 Å². The predicted molar refractivity (Wildman–Crippen MR) is 76.5 cm³/mol. The smallest absolute Gasteiger partial charge is 0.255 e. The third-order valence-electron chi connectivity index (χ3n) is 3.44. The van der Waals surface area contributed by atoms with E-state index in [0.717, 1.165) is 27.3 Å². The molecule has 0 N–H and O–H groups in total. The van der Waals surface area contributed by atoms with Crippen molar-refractivity contribution in [3.8, 4) is 0 Å². The van der Waals surface area contributed by atoms with E-state index in [-0.39, 0.29) is 5.56 Å². The van der Waals surface area contributed by atoms with Gasteiger partial charge in [-0.2, -0.15) is 0 Å². The van der Waals surface area contributed by atoms with Gasteiger partial charge in [-0.3, -0.25) is 14.2 Å². The normalized spacial score (nSPS) is 11.4. The van der Waals surface area contributed by atoms with Crippen molar-refractivity contribution in [1.29, 1.82) is 0 Å². The zero-order valence-corrected chi connectivity index (χ0v) is 10.1. The fraction of sp³-hybridized carbons (Fsp3) is 0. The van der Waals surface area contributed by atoms with E-state index in [0.29, 0.717) is 0 Å². The van der Waals surface area contributed by atoms with Gasteiger partial charge in [0.05, 0.1) is 16.6 Å². The lowest BCUT2D eigenvalue weighted by Gasteiger charge is -2.09. The maximum absolute atomic E-state index is 12.2. The molecular formula is C16H10N2O. The highest BCUT2D eigenvalue weighted by Crippen LogP contribution is 2.26. The summed E-state index contributed by atoms with van der Waals surface area (Å²) in [5.41, 5.74) is 2.60. The van der Waals surface area contributed by atoms with Crippen molar-refractivity contribution in [1.82, 2.24) is 9.38 Å². The highest BCUT2D eigenvalue weighted by Gasteiger charge is 2.08. The van der Waals surface area contributed by atoms with Crippen molar-refractivity contribution in [3.05, 3.63) is 71.1 Å². The summed E-state index contributed by atoms with van der Waals surface area (Å²) in [5, 5.41) is 2.12. The molecule has 3 heterocycles.